The van der Waals surface area contributed by atoms with Crippen LogP contribution in [0.25, 0.3) is 0 Å². The molecular weight excluding hydrogens is 1070 g/mol. The monoisotopic (exact) mass is 1160 g/mol. The van der Waals surface area contributed by atoms with Gasteiger partial charge in [0.25, 0.3) is 0 Å². The third-order valence-electron chi connectivity index (χ3n) is 13.0. The summed E-state index contributed by atoms with van der Waals surface area (Å²) in [4.78, 5) is 31.5. The molecule has 0 fully saturated rings. The molecule has 3 rings (SSSR count). The second-order valence-electron chi connectivity index (χ2n) is 19.9. The number of oxime groups is 1. The second kappa shape index (κ2) is 42.4. The molecule has 0 aromatic heterocycles. The van der Waals surface area contributed by atoms with Crippen LogP contribution in [0.2, 0.25) is 0 Å². The van der Waals surface area contributed by atoms with Gasteiger partial charge in [0.2, 0.25) is 0 Å². The van der Waals surface area contributed by atoms with Crippen molar-refractivity contribution in [2.75, 3.05) is 38.8 Å². The predicted octanol–water partition coefficient (Wildman–Crippen LogP) is 16.7. The predicted molar refractivity (Wildman–Crippen MR) is 309 cm³/mol. The first-order valence-electron chi connectivity index (χ1n) is 28.7. The molecule has 16 heteroatoms. The Hall–Kier alpha value is -3.59. The number of phosphoric ester groups is 1. The fourth-order valence-corrected chi connectivity index (χ4v) is 11.0. The number of ether oxygens (including phenoxy) is 3. The number of carbonyl (C=O) groups excluding carboxylic acids is 2. The number of esters is 2. The maximum Gasteiger partial charge on any atom is 0.475 e. The van der Waals surface area contributed by atoms with Crippen molar-refractivity contribution in [2.24, 2.45) is 5.16 Å². The summed E-state index contributed by atoms with van der Waals surface area (Å²) in [5.74, 6) is -1.01. The third-order valence-corrected chi connectivity index (χ3v) is 16.7. The summed E-state index contributed by atoms with van der Waals surface area (Å²) in [5.41, 5.74) is 2.90. The van der Waals surface area contributed by atoms with Gasteiger partial charge in [0.1, 0.15) is 25.6 Å². The highest BCUT2D eigenvalue weighted by molar-refractivity contribution is 9.10. The molecule has 0 saturated heterocycles. The summed E-state index contributed by atoms with van der Waals surface area (Å²) in [6.45, 7) is 4.91. The molecule has 0 N–H and O–H groups in total. The van der Waals surface area contributed by atoms with E-state index in [0.29, 0.717) is 25.2 Å². The molecule has 0 radical (unpaired) electrons. The minimum Gasteiger partial charge on any atom is -0.489 e. The van der Waals surface area contributed by atoms with Crippen molar-refractivity contribution in [1.29, 1.82) is 0 Å². The molecule has 2 atom stereocenters. The standard InChI is InChI=1S/C60H93BrNO12PS/c1-4-6-8-10-12-14-16-18-20-22-24-26-28-30-59(63)69-50-57(74-60(64)31-29-27-25-23-21-19-17-15-13-11-9-7-5-2)51-73-75(65,71-45-44-70-62-48-53-36-38-55(61)39-37-53)72-46-47-76(66,67)58-42-40-56(41-43-58)68-49-54-34-32-52(3)33-35-54/h32-43,48,57H,4-31,44-47,49-51H2,1-3H3/b62-48+/t57-,75?/m1/s1. The van der Waals surface area contributed by atoms with Crippen LogP contribution in [0, 0.1) is 6.92 Å². The summed E-state index contributed by atoms with van der Waals surface area (Å²) in [6, 6.07) is 21.4. The Morgan fingerprint density at radius 3 is 1.59 bits per heavy atom. The first kappa shape index (κ1) is 66.7. The van der Waals surface area contributed by atoms with Gasteiger partial charge in [-0.05, 0) is 67.3 Å². The number of sulfone groups is 1. The van der Waals surface area contributed by atoms with Gasteiger partial charge in [-0.1, -0.05) is 231 Å². The minimum atomic E-state index is -4.55. The SMILES string of the molecule is CCCCCCCCCCCCCCCC(=O)OC[C@H](COP(=O)(OCCO/N=C/c1ccc(Br)cc1)OCCS(=O)(=O)c1ccc(OCc2ccc(C)cc2)cc1)OC(=O)CCCCCCCCCCCCCCC. The number of rotatable bonds is 48. The number of halogens is 1. The van der Waals surface area contributed by atoms with Crippen LogP contribution in [0.3, 0.4) is 0 Å². The van der Waals surface area contributed by atoms with Crippen LogP contribution in [0.4, 0.5) is 0 Å². The quantitative estimate of drug-likeness (QED) is 0.0173. The zero-order chi connectivity index (χ0) is 54.8. The van der Waals surface area contributed by atoms with E-state index in [0.717, 1.165) is 59.7 Å². The van der Waals surface area contributed by atoms with Gasteiger partial charge in [0.15, 0.2) is 15.9 Å². The van der Waals surface area contributed by atoms with Gasteiger partial charge in [-0.25, -0.2) is 13.0 Å². The van der Waals surface area contributed by atoms with Crippen LogP contribution in [0.1, 0.15) is 210 Å². The van der Waals surface area contributed by atoms with E-state index < -0.39 is 54.7 Å². The van der Waals surface area contributed by atoms with Crippen LogP contribution in [0.5, 0.6) is 5.75 Å². The molecule has 428 valence electrons. The molecule has 0 aliphatic rings. The first-order chi connectivity index (χ1) is 36.9. The number of phosphoric acid groups is 1. The fraction of sp³-hybridized carbons (Fsp3) is 0.650. The van der Waals surface area contributed by atoms with Crippen molar-refractivity contribution in [3.63, 3.8) is 0 Å². The van der Waals surface area contributed by atoms with Crippen LogP contribution >= 0.6 is 23.8 Å². The van der Waals surface area contributed by atoms with Crippen molar-refractivity contribution in [3.8, 4) is 5.75 Å². The second-order valence-corrected chi connectivity index (χ2v) is 24.6. The summed E-state index contributed by atoms with van der Waals surface area (Å²) in [6.07, 6.45) is 31.3. The van der Waals surface area contributed by atoms with E-state index in [9.17, 15) is 22.6 Å². The zero-order valence-corrected chi connectivity index (χ0v) is 49.7. The number of benzene rings is 3. The van der Waals surface area contributed by atoms with E-state index in [1.165, 1.54) is 134 Å². The molecule has 0 amide bonds. The van der Waals surface area contributed by atoms with E-state index in [2.05, 4.69) is 34.9 Å². The van der Waals surface area contributed by atoms with Crippen molar-refractivity contribution >= 4 is 51.7 Å². The van der Waals surface area contributed by atoms with Gasteiger partial charge >= 0.3 is 19.8 Å². The normalized spacial score (nSPS) is 12.9. The van der Waals surface area contributed by atoms with E-state index in [-0.39, 0.29) is 37.6 Å². The van der Waals surface area contributed by atoms with Gasteiger partial charge < -0.3 is 19.0 Å². The third kappa shape index (κ3) is 33.6. The Morgan fingerprint density at radius 1 is 0.579 bits per heavy atom. The number of aryl methyl sites for hydroxylation is 1. The summed E-state index contributed by atoms with van der Waals surface area (Å²) in [5, 5.41) is 3.94. The van der Waals surface area contributed by atoms with E-state index in [1.54, 1.807) is 12.1 Å². The Balaban J connectivity index is 1.57. The van der Waals surface area contributed by atoms with Crippen LogP contribution in [-0.2, 0) is 58.5 Å². The molecule has 0 aliphatic carbocycles. The molecule has 3 aromatic carbocycles. The van der Waals surface area contributed by atoms with E-state index >= 15 is 0 Å². The van der Waals surface area contributed by atoms with Gasteiger partial charge in [-0.15, -0.1) is 0 Å². The molecule has 0 saturated carbocycles. The lowest BCUT2D eigenvalue weighted by Gasteiger charge is -2.22. The topological polar surface area (TPSA) is 162 Å². The molecule has 13 nitrogen and oxygen atoms in total. The Labute approximate surface area is 466 Å². The zero-order valence-electron chi connectivity index (χ0n) is 46.4. The Morgan fingerprint density at radius 2 is 1.07 bits per heavy atom. The smallest absolute Gasteiger partial charge is 0.475 e. The molecule has 3 aromatic rings. The first-order valence-corrected chi connectivity index (χ1v) is 32.6. The van der Waals surface area contributed by atoms with Gasteiger partial charge in [0, 0.05) is 17.3 Å². The van der Waals surface area contributed by atoms with Crippen molar-refractivity contribution in [3.05, 3.63) is 94.0 Å². The fourth-order valence-electron chi connectivity index (χ4n) is 8.34. The summed E-state index contributed by atoms with van der Waals surface area (Å²) >= 11 is 3.40. The number of hydrogen-bond acceptors (Lipinski definition) is 13. The van der Waals surface area contributed by atoms with Crippen LogP contribution in [0.15, 0.2) is 87.3 Å². The highest BCUT2D eigenvalue weighted by Crippen LogP contribution is 2.49. The number of carbonyl (C=O) groups is 2. The lowest BCUT2D eigenvalue weighted by atomic mass is 10.0. The summed E-state index contributed by atoms with van der Waals surface area (Å²) < 4.78 is 76.3. The van der Waals surface area contributed by atoms with Gasteiger partial charge in [-0.3, -0.25) is 23.2 Å². The van der Waals surface area contributed by atoms with Crippen molar-refractivity contribution < 1.29 is 55.2 Å². The molecular formula is C60H93BrNO12PS. The molecule has 76 heavy (non-hydrogen) atoms. The average Bonchev–Trinajstić information content (AvgIpc) is 3.41. The summed E-state index contributed by atoms with van der Waals surface area (Å²) in [7, 11) is -8.48. The Bertz CT molecular complexity index is 2140. The molecule has 0 bridgehead atoms. The minimum absolute atomic E-state index is 0.0172. The van der Waals surface area contributed by atoms with Crippen LogP contribution < -0.4 is 4.74 Å². The van der Waals surface area contributed by atoms with E-state index in [1.807, 2.05) is 55.5 Å². The molecule has 0 aliphatic heterocycles. The maximum atomic E-state index is 14.2. The Kier molecular flexibility index (Phi) is 37.2. The lowest BCUT2D eigenvalue weighted by molar-refractivity contribution is -0.161. The highest BCUT2D eigenvalue weighted by Gasteiger charge is 2.31. The molecule has 1 unspecified atom stereocenters. The van der Waals surface area contributed by atoms with Crippen molar-refractivity contribution in [2.45, 2.75) is 218 Å². The number of hydrogen-bond donors (Lipinski definition) is 0. The lowest BCUT2D eigenvalue weighted by Crippen LogP contribution is -2.30. The van der Waals surface area contributed by atoms with Crippen LogP contribution in [-0.4, -0.2) is 71.5 Å². The van der Waals surface area contributed by atoms with Crippen molar-refractivity contribution in [1.82, 2.24) is 0 Å². The highest BCUT2D eigenvalue weighted by atomic mass is 79.9. The molecule has 0 spiro atoms. The average molecular weight is 1160 g/mol. The van der Waals surface area contributed by atoms with E-state index in [4.69, 9.17) is 32.6 Å². The maximum absolute atomic E-state index is 14.2. The number of nitrogens with zero attached hydrogens (tertiary/aromatic N) is 1. The largest absolute Gasteiger partial charge is 0.489 e. The number of unbranched alkanes of at least 4 members (excludes halogenated alkanes) is 24. The van der Waals surface area contributed by atoms with Gasteiger partial charge in [-0.2, -0.15) is 0 Å². The molecule has 0 heterocycles. The van der Waals surface area contributed by atoms with Gasteiger partial charge in [0.05, 0.1) is 36.7 Å².